The number of carboxylic acid groups (broad SMARTS) is 1. The number of amides is 1. The Labute approximate surface area is 136 Å². The number of rotatable bonds is 6. The zero-order valence-corrected chi connectivity index (χ0v) is 12.8. The Morgan fingerprint density at radius 2 is 2.13 bits per heavy atom. The SMILES string of the molecule is [B]c1cc(Oc2nnc(C(N)=O)s2)cc(C)c1C(O)CC(=O)O. The Morgan fingerprint density at radius 3 is 2.65 bits per heavy atom. The van der Waals surface area contributed by atoms with Gasteiger partial charge in [0, 0.05) is 0 Å². The summed E-state index contributed by atoms with van der Waals surface area (Å²) in [7, 11) is 5.87. The van der Waals surface area contributed by atoms with Crippen molar-refractivity contribution in [2.24, 2.45) is 5.73 Å². The fourth-order valence-corrected chi connectivity index (χ4v) is 2.59. The van der Waals surface area contributed by atoms with E-state index in [1.807, 2.05) is 0 Å². The third-order valence-electron chi connectivity index (χ3n) is 2.92. The number of aromatic nitrogens is 2. The van der Waals surface area contributed by atoms with Crippen molar-refractivity contribution < 1.29 is 24.5 Å². The fourth-order valence-electron chi connectivity index (χ4n) is 2.02. The molecule has 10 heteroatoms. The standard InChI is InChI=1S/C13H12BN3O5S/c1-5-2-6(22-13-17-16-12(23-13)11(15)21)3-7(14)10(5)8(18)4-9(19)20/h2-3,8,18H,4H2,1H3,(H2,15,21)(H,19,20). The molecule has 1 heterocycles. The molecule has 1 unspecified atom stereocenters. The largest absolute Gasteiger partial charge is 0.481 e. The van der Waals surface area contributed by atoms with E-state index in [2.05, 4.69) is 10.2 Å². The van der Waals surface area contributed by atoms with Gasteiger partial charge in [-0.2, -0.15) is 0 Å². The zero-order chi connectivity index (χ0) is 17.1. The predicted octanol–water partition coefficient (Wildman–Crippen LogP) is 0.0396. The highest BCUT2D eigenvalue weighted by Crippen LogP contribution is 2.28. The van der Waals surface area contributed by atoms with Gasteiger partial charge in [0.15, 0.2) is 0 Å². The molecule has 0 spiro atoms. The molecule has 0 aliphatic carbocycles. The van der Waals surface area contributed by atoms with E-state index in [1.54, 1.807) is 13.0 Å². The number of aliphatic hydroxyl groups excluding tert-OH is 1. The van der Waals surface area contributed by atoms with Gasteiger partial charge < -0.3 is 20.7 Å². The van der Waals surface area contributed by atoms with Crippen LogP contribution in [0.4, 0.5) is 0 Å². The molecule has 0 fully saturated rings. The van der Waals surface area contributed by atoms with Crippen LogP contribution in [-0.4, -0.2) is 40.1 Å². The van der Waals surface area contributed by atoms with Gasteiger partial charge in [0.2, 0.25) is 5.01 Å². The molecule has 118 valence electrons. The Morgan fingerprint density at radius 1 is 1.43 bits per heavy atom. The highest BCUT2D eigenvalue weighted by molar-refractivity contribution is 7.15. The van der Waals surface area contributed by atoms with Crippen molar-refractivity contribution in [2.45, 2.75) is 19.4 Å². The second-order valence-corrected chi connectivity index (χ2v) is 5.64. The number of carbonyl (C=O) groups is 2. The van der Waals surface area contributed by atoms with Crippen molar-refractivity contribution in [1.82, 2.24) is 10.2 Å². The van der Waals surface area contributed by atoms with Crippen molar-refractivity contribution in [3.05, 3.63) is 28.3 Å². The molecule has 4 N–H and O–H groups in total. The van der Waals surface area contributed by atoms with Crippen LogP contribution < -0.4 is 15.9 Å². The molecule has 1 aromatic heterocycles. The minimum absolute atomic E-state index is 0.0122. The molecule has 2 radical (unpaired) electrons. The maximum absolute atomic E-state index is 11.0. The summed E-state index contributed by atoms with van der Waals surface area (Å²) < 4.78 is 5.45. The van der Waals surface area contributed by atoms with Gasteiger partial charge in [-0.1, -0.05) is 10.6 Å². The fraction of sp³-hybridized carbons (Fsp3) is 0.231. The van der Waals surface area contributed by atoms with Crippen LogP contribution in [0.2, 0.25) is 0 Å². The number of aryl methyl sites for hydroxylation is 1. The van der Waals surface area contributed by atoms with E-state index in [0.29, 0.717) is 16.9 Å². The van der Waals surface area contributed by atoms with E-state index in [0.717, 1.165) is 11.3 Å². The van der Waals surface area contributed by atoms with E-state index in [4.69, 9.17) is 23.4 Å². The van der Waals surface area contributed by atoms with Crippen LogP contribution >= 0.6 is 11.3 Å². The number of carbonyl (C=O) groups excluding carboxylic acids is 1. The van der Waals surface area contributed by atoms with E-state index in [1.165, 1.54) is 6.07 Å². The number of nitrogens with zero attached hydrogens (tertiary/aromatic N) is 2. The van der Waals surface area contributed by atoms with Gasteiger partial charge in [-0.3, -0.25) is 9.59 Å². The van der Waals surface area contributed by atoms with Gasteiger partial charge in [0.1, 0.15) is 13.6 Å². The zero-order valence-electron chi connectivity index (χ0n) is 12.0. The maximum atomic E-state index is 11.0. The summed E-state index contributed by atoms with van der Waals surface area (Å²) in [5.41, 5.74) is 6.16. The number of aliphatic hydroxyl groups is 1. The molecule has 1 aromatic carbocycles. The van der Waals surface area contributed by atoms with Crippen LogP contribution in [0.1, 0.15) is 33.5 Å². The first kappa shape index (κ1) is 16.9. The topological polar surface area (TPSA) is 136 Å². The summed E-state index contributed by atoms with van der Waals surface area (Å²) >= 11 is 0.880. The molecule has 1 atom stereocenters. The first-order valence-corrected chi connectivity index (χ1v) is 7.20. The molecule has 0 saturated heterocycles. The van der Waals surface area contributed by atoms with E-state index in [9.17, 15) is 14.7 Å². The first-order chi connectivity index (χ1) is 10.8. The smallest absolute Gasteiger partial charge is 0.306 e. The van der Waals surface area contributed by atoms with Gasteiger partial charge in [-0.25, -0.2) is 0 Å². The Hall–Kier alpha value is -2.46. The van der Waals surface area contributed by atoms with Gasteiger partial charge >= 0.3 is 5.97 Å². The second kappa shape index (κ2) is 6.76. The highest BCUT2D eigenvalue weighted by atomic mass is 32.1. The van der Waals surface area contributed by atoms with E-state index in [-0.39, 0.29) is 15.7 Å². The van der Waals surface area contributed by atoms with Gasteiger partial charge in [-0.05, 0) is 41.5 Å². The van der Waals surface area contributed by atoms with Crippen molar-refractivity contribution in [2.75, 3.05) is 0 Å². The highest BCUT2D eigenvalue weighted by Gasteiger charge is 2.18. The molecule has 0 aliphatic rings. The molecule has 0 bridgehead atoms. The van der Waals surface area contributed by atoms with Crippen LogP contribution in [0, 0.1) is 6.92 Å². The lowest BCUT2D eigenvalue weighted by atomic mass is 9.84. The van der Waals surface area contributed by atoms with Gasteiger partial charge in [0.05, 0.1) is 12.5 Å². The van der Waals surface area contributed by atoms with Crippen molar-refractivity contribution in [1.29, 1.82) is 0 Å². The molecular weight excluding hydrogens is 321 g/mol. The predicted molar refractivity (Wildman–Crippen MR) is 82.3 cm³/mol. The summed E-state index contributed by atoms with van der Waals surface area (Å²) in [6.45, 7) is 1.67. The quantitative estimate of drug-likeness (QED) is 0.635. The molecule has 2 aromatic rings. The normalized spacial score (nSPS) is 11.9. The lowest BCUT2D eigenvalue weighted by molar-refractivity contribution is -0.139. The van der Waals surface area contributed by atoms with Crippen LogP contribution in [0.15, 0.2) is 12.1 Å². The number of benzene rings is 1. The number of nitrogens with two attached hydrogens (primary N) is 1. The molecule has 8 nitrogen and oxygen atoms in total. The number of primary amides is 1. The first-order valence-electron chi connectivity index (χ1n) is 6.39. The lowest BCUT2D eigenvalue weighted by Crippen LogP contribution is -2.18. The van der Waals surface area contributed by atoms with Crippen LogP contribution in [-0.2, 0) is 4.79 Å². The number of carboxylic acids is 1. The molecule has 23 heavy (non-hydrogen) atoms. The second-order valence-electron chi connectivity index (χ2n) is 4.70. The number of hydrogen-bond donors (Lipinski definition) is 3. The number of aliphatic carboxylic acids is 1. The Balaban J connectivity index is 2.24. The minimum atomic E-state index is -1.22. The third-order valence-corrected chi connectivity index (χ3v) is 3.73. The van der Waals surface area contributed by atoms with Crippen molar-refractivity contribution in [3.8, 4) is 10.9 Å². The van der Waals surface area contributed by atoms with Crippen molar-refractivity contribution in [3.63, 3.8) is 0 Å². The van der Waals surface area contributed by atoms with Gasteiger partial charge in [-0.15, -0.1) is 5.10 Å². The summed E-state index contributed by atoms with van der Waals surface area (Å²) in [6.07, 6.45) is -1.67. The summed E-state index contributed by atoms with van der Waals surface area (Å²) in [6, 6.07) is 3.00. The third kappa shape index (κ3) is 4.05. The number of ether oxygens (including phenoxy) is 1. The van der Waals surface area contributed by atoms with E-state index < -0.39 is 24.4 Å². The van der Waals surface area contributed by atoms with Crippen LogP contribution in [0.5, 0.6) is 10.9 Å². The van der Waals surface area contributed by atoms with E-state index >= 15 is 0 Å². The summed E-state index contributed by atoms with van der Waals surface area (Å²) in [4.78, 5) is 21.7. The Bertz CT molecular complexity index is 741. The van der Waals surface area contributed by atoms with Crippen LogP contribution in [0.3, 0.4) is 0 Å². The summed E-state index contributed by atoms with van der Waals surface area (Å²) in [5.74, 6) is -1.52. The van der Waals surface area contributed by atoms with Crippen molar-refractivity contribution >= 4 is 36.5 Å². The average molecular weight is 333 g/mol. The van der Waals surface area contributed by atoms with Gasteiger partial charge in [0.25, 0.3) is 11.1 Å². The average Bonchev–Trinajstić information content (AvgIpc) is 2.85. The minimum Gasteiger partial charge on any atom is -0.481 e. The maximum Gasteiger partial charge on any atom is 0.306 e. The van der Waals surface area contributed by atoms with Crippen LogP contribution in [0.25, 0.3) is 0 Å². The summed E-state index contributed by atoms with van der Waals surface area (Å²) in [5, 5.41) is 26.0. The monoisotopic (exact) mass is 333 g/mol. The molecule has 1 amide bonds. The molecule has 2 rings (SSSR count). The molecule has 0 saturated carbocycles. The number of hydrogen-bond acceptors (Lipinski definition) is 7. The molecule has 0 aliphatic heterocycles. The molecular formula is C13H12BN3O5S. The lowest BCUT2D eigenvalue weighted by Gasteiger charge is -2.16. The Kier molecular flexibility index (Phi) is 4.97.